The molecule has 0 spiro atoms. The number of nitrogens with zero attached hydrogens (tertiary/aromatic N) is 3. The summed E-state index contributed by atoms with van der Waals surface area (Å²) >= 11 is 0. The smallest absolute Gasteiger partial charge is 0.261 e. The molecule has 0 unspecified atom stereocenters. The van der Waals surface area contributed by atoms with Crippen molar-refractivity contribution in [1.29, 1.82) is 0 Å². The molecular formula is C20H22N4O3. The van der Waals surface area contributed by atoms with Gasteiger partial charge < -0.3 is 10.2 Å². The molecule has 3 amide bonds. The molecule has 140 valence electrons. The van der Waals surface area contributed by atoms with Crippen LogP contribution in [-0.4, -0.2) is 48.2 Å². The van der Waals surface area contributed by atoms with Gasteiger partial charge in [-0.2, -0.15) is 0 Å². The Morgan fingerprint density at radius 1 is 1.15 bits per heavy atom. The minimum atomic E-state index is -0.360. The number of rotatable bonds is 6. The van der Waals surface area contributed by atoms with Gasteiger partial charge in [-0.05, 0) is 36.8 Å². The Kier molecular flexibility index (Phi) is 5.21. The Balaban J connectivity index is 1.85. The number of anilines is 2. The number of aromatic nitrogens is 1. The fourth-order valence-corrected chi connectivity index (χ4v) is 3.00. The summed E-state index contributed by atoms with van der Waals surface area (Å²) in [4.78, 5) is 44.9. The normalized spacial score (nSPS) is 12.9. The van der Waals surface area contributed by atoms with E-state index in [1.54, 1.807) is 35.4 Å². The second-order valence-electron chi connectivity index (χ2n) is 6.60. The summed E-state index contributed by atoms with van der Waals surface area (Å²) < 4.78 is 0. The molecule has 7 nitrogen and oxygen atoms in total. The molecule has 0 atom stereocenters. The van der Waals surface area contributed by atoms with E-state index in [1.807, 2.05) is 21.0 Å². The van der Waals surface area contributed by atoms with Crippen LogP contribution >= 0.6 is 0 Å². The van der Waals surface area contributed by atoms with Crippen molar-refractivity contribution in [3.63, 3.8) is 0 Å². The van der Waals surface area contributed by atoms with Gasteiger partial charge in [-0.25, -0.2) is 4.98 Å². The van der Waals surface area contributed by atoms with E-state index in [0.29, 0.717) is 29.2 Å². The lowest BCUT2D eigenvalue weighted by molar-refractivity contribution is 0.0652. The Hall–Kier alpha value is -3.22. The average molecular weight is 366 g/mol. The zero-order valence-corrected chi connectivity index (χ0v) is 15.7. The predicted molar refractivity (Wildman–Crippen MR) is 103 cm³/mol. The molecule has 7 heteroatoms. The standard InChI is InChI=1S/C20H22N4O3/c1-4-5-11-24-19(26)14-9-8-13(12-15(14)20(24)27)18(25)22-16-7-6-10-21-17(16)23(2)3/h6-10,12H,4-5,11H2,1-3H3,(H,22,25). The van der Waals surface area contributed by atoms with E-state index in [-0.39, 0.29) is 23.3 Å². The van der Waals surface area contributed by atoms with Crippen LogP contribution in [0.1, 0.15) is 50.8 Å². The molecule has 1 N–H and O–H groups in total. The number of carbonyl (C=O) groups is 3. The van der Waals surface area contributed by atoms with Crippen molar-refractivity contribution < 1.29 is 14.4 Å². The number of fused-ring (bicyclic) bond motifs is 1. The maximum absolute atomic E-state index is 12.7. The number of unbranched alkanes of at least 4 members (excludes halogenated alkanes) is 1. The number of amides is 3. The van der Waals surface area contributed by atoms with E-state index in [0.717, 1.165) is 12.8 Å². The third-order valence-electron chi connectivity index (χ3n) is 4.43. The maximum Gasteiger partial charge on any atom is 0.261 e. The molecule has 27 heavy (non-hydrogen) atoms. The average Bonchev–Trinajstić information content (AvgIpc) is 2.90. The Bertz CT molecular complexity index is 908. The van der Waals surface area contributed by atoms with Crippen molar-refractivity contribution in [2.45, 2.75) is 19.8 Å². The number of carbonyl (C=O) groups excluding carboxylic acids is 3. The molecule has 0 bridgehead atoms. The lowest BCUT2D eigenvalue weighted by Gasteiger charge is -2.16. The molecule has 1 aliphatic heterocycles. The van der Waals surface area contributed by atoms with Crippen LogP contribution < -0.4 is 10.2 Å². The first-order chi connectivity index (χ1) is 12.9. The molecule has 3 rings (SSSR count). The highest BCUT2D eigenvalue weighted by Crippen LogP contribution is 2.26. The summed E-state index contributed by atoms with van der Waals surface area (Å²) in [5, 5.41) is 2.82. The van der Waals surface area contributed by atoms with Crippen LogP contribution in [0.3, 0.4) is 0 Å². The van der Waals surface area contributed by atoms with Crippen molar-refractivity contribution in [3.8, 4) is 0 Å². The van der Waals surface area contributed by atoms with Crippen LogP contribution in [0.5, 0.6) is 0 Å². The van der Waals surface area contributed by atoms with Gasteiger partial charge in [0.1, 0.15) is 0 Å². The third-order valence-corrected chi connectivity index (χ3v) is 4.43. The van der Waals surface area contributed by atoms with Gasteiger partial charge in [0.05, 0.1) is 16.8 Å². The number of hydrogen-bond acceptors (Lipinski definition) is 5. The lowest BCUT2D eigenvalue weighted by atomic mass is 10.1. The van der Waals surface area contributed by atoms with E-state index in [9.17, 15) is 14.4 Å². The first kappa shape index (κ1) is 18.6. The van der Waals surface area contributed by atoms with Gasteiger partial charge in [0.2, 0.25) is 0 Å². The molecule has 1 aromatic carbocycles. The van der Waals surface area contributed by atoms with Crippen molar-refractivity contribution in [3.05, 3.63) is 53.2 Å². The second-order valence-corrected chi connectivity index (χ2v) is 6.60. The van der Waals surface area contributed by atoms with E-state index in [4.69, 9.17) is 0 Å². The van der Waals surface area contributed by atoms with Crippen LogP contribution in [-0.2, 0) is 0 Å². The monoisotopic (exact) mass is 366 g/mol. The third kappa shape index (κ3) is 3.53. The quantitative estimate of drug-likeness (QED) is 0.795. The Labute approximate surface area is 158 Å². The van der Waals surface area contributed by atoms with Crippen molar-refractivity contribution >= 4 is 29.2 Å². The van der Waals surface area contributed by atoms with Gasteiger partial charge in [-0.15, -0.1) is 0 Å². The Morgan fingerprint density at radius 3 is 2.59 bits per heavy atom. The molecular weight excluding hydrogens is 344 g/mol. The largest absolute Gasteiger partial charge is 0.361 e. The molecule has 0 aliphatic carbocycles. The molecule has 1 aliphatic rings. The summed E-state index contributed by atoms with van der Waals surface area (Å²) in [6, 6.07) is 8.09. The van der Waals surface area contributed by atoms with Gasteiger partial charge in [-0.3, -0.25) is 19.3 Å². The van der Waals surface area contributed by atoms with Crippen LogP contribution in [0, 0.1) is 0 Å². The van der Waals surface area contributed by atoms with E-state index < -0.39 is 0 Å². The molecule has 0 fully saturated rings. The minimum Gasteiger partial charge on any atom is -0.361 e. The molecule has 1 aromatic heterocycles. The van der Waals surface area contributed by atoms with Crippen LogP contribution in [0.2, 0.25) is 0 Å². The van der Waals surface area contributed by atoms with Crippen molar-refractivity contribution in [2.75, 3.05) is 30.9 Å². The van der Waals surface area contributed by atoms with Gasteiger partial charge >= 0.3 is 0 Å². The lowest BCUT2D eigenvalue weighted by Crippen LogP contribution is -2.30. The van der Waals surface area contributed by atoms with Crippen LogP contribution in [0.4, 0.5) is 11.5 Å². The van der Waals surface area contributed by atoms with Crippen LogP contribution in [0.15, 0.2) is 36.5 Å². The van der Waals surface area contributed by atoms with Gasteiger partial charge in [0, 0.05) is 32.4 Å². The van der Waals surface area contributed by atoms with Gasteiger partial charge in [0.25, 0.3) is 17.7 Å². The fourth-order valence-electron chi connectivity index (χ4n) is 3.00. The Morgan fingerprint density at radius 2 is 1.89 bits per heavy atom. The summed E-state index contributed by atoms with van der Waals surface area (Å²) in [5.41, 5.74) is 1.52. The second kappa shape index (κ2) is 7.57. The predicted octanol–water partition coefficient (Wildman–Crippen LogP) is 2.80. The van der Waals surface area contributed by atoms with E-state index in [2.05, 4.69) is 10.3 Å². The maximum atomic E-state index is 12.7. The zero-order valence-electron chi connectivity index (χ0n) is 15.7. The summed E-state index contributed by atoms with van der Waals surface area (Å²) in [5.74, 6) is -0.365. The summed E-state index contributed by atoms with van der Waals surface area (Å²) in [6.07, 6.45) is 3.29. The number of nitrogens with one attached hydrogen (secondary N) is 1. The highest BCUT2D eigenvalue weighted by atomic mass is 16.2. The van der Waals surface area contributed by atoms with Gasteiger partial charge in [-0.1, -0.05) is 13.3 Å². The van der Waals surface area contributed by atoms with Crippen molar-refractivity contribution in [1.82, 2.24) is 9.88 Å². The molecule has 2 aromatic rings. The fraction of sp³-hybridized carbons (Fsp3) is 0.300. The van der Waals surface area contributed by atoms with Crippen molar-refractivity contribution in [2.24, 2.45) is 0 Å². The molecule has 2 heterocycles. The first-order valence-electron chi connectivity index (χ1n) is 8.88. The summed E-state index contributed by atoms with van der Waals surface area (Å²) in [6.45, 7) is 2.40. The highest BCUT2D eigenvalue weighted by molar-refractivity contribution is 6.22. The highest BCUT2D eigenvalue weighted by Gasteiger charge is 2.35. The topological polar surface area (TPSA) is 82.6 Å². The number of pyridine rings is 1. The number of imide groups is 1. The van der Waals surface area contributed by atoms with Crippen LogP contribution in [0.25, 0.3) is 0 Å². The minimum absolute atomic E-state index is 0.280. The molecule has 0 saturated carbocycles. The molecule has 0 saturated heterocycles. The number of hydrogen-bond donors (Lipinski definition) is 1. The number of benzene rings is 1. The first-order valence-corrected chi connectivity index (χ1v) is 8.88. The molecule has 0 radical (unpaired) electrons. The summed E-state index contributed by atoms with van der Waals surface area (Å²) in [7, 11) is 3.67. The van der Waals surface area contributed by atoms with E-state index in [1.165, 1.54) is 11.0 Å². The van der Waals surface area contributed by atoms with E-state index >= 15 is 0 Å². The van der Waals surface area contributed by atoms with Gasteiger partial charge in [0.15, 0.2) is 5.82 Å². The SMILES string of the molecule is CCCCN1C(=O)c2ccc(C(=O)Nc3cccnc3N(C)C)cc2C1=O. The zero-order chi connectivity index (χ0) is 19.6.